The molecule has 0 unspecified atom stereocenters. The average molecular weight is 260 g/mol. The van der Waals surface area contributed by atoms with Gasteiger partial charge >= 0.3 is 11.8 Å². The molecule has 1 aliphatic heterocycles. The number of carbonyl (C=O) groups excluding carboxylic acids is 2. The molecule has 0 aromatic rings. The maximum Gasteiger partial charge on any atom is 0.312 e. The molecule has 0 bridgehead atoms. The van der Waals surface area contributed by atoms with Crippen LogP contribution in [-0.4, -0.2) is 66.8 Å². The first kappa shape index (κ1) is 14.3. The fourth-order valence-corrected chi connectivity index (χ4v) is 1.88. The summed E-state index contributed by atoms with van der Waals surface area (Å²) in [5.41, 5.74) is 0. The van der Waals surface area contributed by atoms with Crippen molar-refractivity contribution in [2.75, 3.05) is 45.1 Å². The zero-order valence-electron chi connectivity index (χ0n) is 10.2. The van der Waals surface area contributed by atoms with Gasteiger partial charge in [-0.2, -0.15) is 12.6 Å². The predicted molar refractivity (Wildman–Crippen MR) is 68.1 cm³/mol. The molecule has 1 heterocycles. The number of piperazine rings is 1. The number of nitrogens with zero attached hydrogens (tertiary/aromatic N) is 2. The topological polar surface area (TPSA) is 49.9 Å². The largest absolute Gasteiger partial charge is 0.379 e. The van der Waals surface area contributed by atoms with Crippen LogP contribution in [0.1, 0.15) is 13.3 Å². The second-order valence-electron chi connectivity index (χ2n) is 3.92. The predicted octanol–water partition coefficient (Wildman–Crippen LogP) is 0.0136. The van der Waals surface area contributed by atoms with Crippen molar-refractivity contribution in [1.29, 1.82) is 0 Å². The van der Waals surface area contributed by atoms with E-state index >= 15 is 0 Å². The molecule has 0 saturated carbocycles. The van der Waals surface area contributed by atoms with Crippen molar-refractivity contribution in [2.24, 2.45) is 0 Å². The van der Waals surface area contributed by atoms with Crippen LogP contribution < -0.4 is 0 Å². The van der Waals surface area contributed by atoms with Gasteiger partial charge in [-0.05, 0) is 6.42 Å². The van der Waals surface area contributed by atoms with Gasteiger partial charge in [0.2, 0.25) is 0 Å². The highest BCUT2D eigenvalue weighted by molar-refractivity contribution is 7.80. The van der Waals surface area contributed by atoms with Gasteiger partial charge < -0.3 is 14.5 Å². The summed E-state index contributed by atoms with van der Waals surface area (Å²) in [5.74, 6) is -0.122. The third kappa shape index (κ3) is 4.20. The Morgan fingerprint density at radius 2 is 1.71 bits per heavy atom. The lowest BCUT2D eigenvalue weighted by Gasteiger charge is -2.33. The van der Waals surface area contributed by atoms with E-state index in [0.717, 1.165) is 6.42 Å². The number of thiol groups is 1. The standard InChI is InChI=1S/C11H20N2O3S/c1-2-3-12-4-5-13(11(15)10(12)14)6-7-16-8-9-17/h17H,2-9H2,1H3. The van der Waals surface area contributed by atoms with Crippen LogP contribution in [0.2, 0.25) is 0 Å². The maximum absolute atomic E-state index is 11.7. The Bertz CT molecular complexity index is 271. The van der Waals surface area contributed by atoms with Gasteiger partial charge in [0.1, 0.15) is 0 Å². The van der Waals surface area contributed by atoms with Crippen LogP contribution in [0.3, 0.4) is 0 Å². The molecule has 2 amide bonds. The Hall–Kier alpha value is -0.750. The van der Waals surface area contributed by atoms with Crippen LogP contribution in [0.25, 0.3) is 0 Å². The number of ether oxygens (including phenoxy) is 1. The number of amides is 2. The molecule has 6 heteroatoms. The Morgan fingerprint density at radius 3 is 2.24 bits per heavy atom. The van der Waals surface area contributed by atoms with Crippen molar-refractivity contribution < 1.29 is 14.3 Å². The fraction of sp³-hybridized carbons (Fsp3) is 0.818. The molecule has 0 aromatic carbocycles. The van der Waals surface area contributed by atoms with E-state index in [4.69, 9.17) is 4.74 Å². The van der Waals surface area contributed by atoms with E-state index in [-0.39, 0.29) is 5.91 Å². The molecule has 0 spiro atoms. The highest BCUT2D eigenvalue weighted by atomic mass is 32.1. The Morgan fingerprint density at radius 1 is 1.12 bits per heavy atom. The highest BCUT2D eigenvalue weighted by Crippen LogP contribution is 2.05. The van der Waals surface area contributed by atoms with Crippen LogP contribution in [0.15, 0.2) is 0 Å². The Kier molecular flexibility index (Phi) is 6.36. The fourth-order valence-electron chi connectivity index (χ4n) is 1.75. The van der Waals surface area contributed by atoms with Gasteiger partial charge in [-0.3, -0.25) is 9.59 Å². The van der Waals surface area contributed by atoms with Crippen molar-refractivity contribution in [3.8, 4) is 0 Å². The van der Waals surface area contributed by atoms with Crippen LogP contribution in [0, 0.1) is 0 Å². The highest BCUT2D eigenvalue weighted by Gasteiger charge is 2.31. The minimum absolute atomic E-state index is 0.382. The summed E-state index contributed by atoms with van der Waals surface area (Å²) in [5, 5.41) is 0. The normalized spacial score (nSPS) is 16.8. The molecule has 98 valence electrons. The van der Waals surface area contributed by atoms with Gasteiger partial charge in [-0.1, -0.05) is 6.92 Å². The first-order valence-corrected chi connectivity index (χ1v) is 6.60. The molecular weight excluding hydrogens is 240 g/mol. The van der Waals surface area contributed by atoms with Crippen molar-refractivity contribution in [2.45, 2.75) is 13.3 Å². The minimum Gasteiger partial charge on any atom is -0.379 e. The summed E-state index contributed by atoms with van der Waals surface area (Å²) in [6.45, 7) is 5.41. The monoisotopic (exact) mass is 260 g/mol. The van der Waals surface area contributed by atoms with Gasteiger partial charge in [0.15, 0.2) is 0 Å². The number of hydrogen-bond acceptors (Lipinski definition) is 4. The van der Waals surface area contributed by atoms with E-state index in [0.29, 0.717) is 45.1 Å². The first-order valence-electron chi connectivity index (χ1n) is 5.97. The van der Waals surface area contributed by atoms with E-state index < -0.39 is 5.91 Å². The third-order valence-electron chi connectivity index (χ3n) is 2.63. The van der Waals surface area contributed by atoms with E-state index in [1.165, 1.54) is 0 Å². The zero-order valence-corrected chi connectivity index (χ0v) is 11.1. The summed E-state index contributed by atoms with van der Waals surface area (Å²) in [7, 11) is 0. The van der Waals surface area contributed by atoms with Crippen molar-refractivity contribution >= 4 is 24.4 Å². The quantitative estimate of drug-likeness (QED) is 0.399. The van der Waals surface area contributed by atoms with Crippen molar-refractivity contribution in [3.05, 3.63) is 0 Å². The average Bonchev–Trinajstić information content (AvgIpc) is 2.33. The summed E-state index contributed by atoms with van der Waals surface area (Å²) in [6.07, 6.45) is 0.879. The van der Waals surface area contributed by atoms with Crippen LogP contribution >= 0.6 is 12.6 Å². The summed E-state index contributed by atoms with van der Waals surface area (Å²) in [4.78, 5) is 26.6. The molecule has 5 nitrogen and oxygen atoms in total. The molecule has 17 heavy (non-hydrogen) atoms. The maximum atomic E-state index is 11.7. The lowest BCUT2D eigenvalue weighted by atomic mass is 10.2. The Labute approximate surface area is 107 Å². The van der Waals surface area contributed by atoms with Crippen molar-refractivity contribution in [1.82, 2.24) is 9.80 Å². The molecule has 0 radical (unpaired) electrons. The molecule has 0 atom stereocenters. The van der Waals surface area contributed by atoms with Crippen LogP contribution in [0.5, 0.6) is 0 Å². The first-order chi connectivity index (χ1) is 8.20. The molecule has 1 aliphatic rings. The van der Waals surface area contributed by atoms with Gasteiger partial charge in [0.05, 0.1) is 13.2 Å². The van der Waals surface area contributed by atoms with Gasteiger partial charge in [0.25, 0.3) is 0 Å². The molecule has 1 fully saturated rings. The lowest BCUT2D eigenvalue weighted by Crippen LogP contribution is -2.55. The minimum atomic E-state index is -0.404. The Balaban J connectivity index is 2.35. The SMILES string of the molecule is CCCN1CCN(CCOCCS)C(=O)C1=O. The van der Waals surface area contributed by atoms with Gasteiger partial charge in [0, 0.05) is 31.9 Å². The molecule has 0 aromatic heterocycles. The second kappa shape index (κ2) is 7.55. The molecular formula is C11H20N2O3S. The van der Waals surface area contributed by atoms with Crippen LogP contribution in [-0.2, 0) is 14.3 Å². The summed E-state index contributed by atoms with van der Waals surface area (Å²) in [6, 6.07) is 0. The van der Waals surface area contributed by atoms with Gasteiger partial charge in [-0.15, -0.1) is 0 Å². The van der Waals surface area contributed by atoms with E-state index in [1.54, 1.807) is 9.80 Å². The van der Waals surface area contributed by atoms with Gasteiger partial charge in [-0.25, -0.2) is 0 Å². The third-order valence-corrected chi connectivity index (χ3v) is 2.81. The number of hydrogen-bond donors (Lipinski definition) is 1. The number of rotatable bonds is 7. The summed E-state index contributed by atoms with van der Waals surface area (Å²) >= 11 is 4.02. The summed E-state index contributed by atoms with van der Waals surface area (Å²) < 4.78 is 5.25. The van der Waals surface area contributed by atoms with Crippen LogP contribution in [0.4, 0.5) is 0 Å². The van der Waals surface area contributed by atoms with E-state index in [1.807, 2.05) is 6.92 Å². The molecule has 0 aliphatic carbocycles. The molecule has 0 N–H and O–H groups in total. The zero-order chi connectivity index (χ0) is 12.7. The lowest BCUT2D eigenvalue weighted by molar-refractivity contribution is -0.156. The number of carbonyl (C=O) groups is 2. The van der Waals surface area contributed by atoms with Crippen molar-refractivity contribution in [3.63, 3.8) is 0 Å². The molecule has 1 rings (SSSR count). The second-order valence-corrected chi connectivity index (χ2v) is 4.37. The van der Waals surface area contributed by atoms with E-state index in [2.05, 4.69) is 12.6 Å². The van der Waals surface area contributed by atoms with E-state index in [9.17, 15) is 9.59 Å². The molecule has 1 saturated heterocycles. The smallest absolute Gasteiger partial charge is 0.312 e.